The quantitative estimate of drug-likeness (QED) is 0.547. The Bertz CT molecular complexity index is 787. The summed E-state index contributed by atoms with van der Waals surface area (Å²) in [5.41, 5.74) is 2.92. The van der Waals surface area contributed by atoms with E-state index in [4.69, 9.17) is 0 Å². The molecule has 0 saturated heterocycles. The molecular formula is C23H23F3O. The van der Waals surface area contributed by atoms with Crippen LogP contribution in [0.2, 0.25) is 0 Å². The minimum Gasteiger partial charge on any atom is -0.406 e. The van der Waals surface area contributed by atoms with Crippen molar-refractivity contribution in [3.05, 3.63) is 65.2 Å². The van der Waals surface area contributed by atoms with Gasteiger partial charge in [-0.15, -0.1) is 13.2 Å². The van der Waals surface area contributed by atoms with Crippen LogP contribution < -0.4 is 4.74 Å². The number of hydrogen-bond acceptors (Lipinski definition) is 1. The maximum absolute atomic E-state index is 12.2. The Morgan fingerprint density at radius 2 is 1.37 bits per heavy atom. The van der Waals surface area contributed by atoms with Gasteiger partial charge in [0.2, 0.25) is 0 Å². The molecule has 0 heterocycles. The molecule has 1 aliphatic carbocycles. The zero-order valence-electron chi connectivity index (χ0n) is 15.4. The first kappa shape index (κ1) is 19.4. The minimum absolute atomic E-state index is 0.241. The van der Waals surface area contributed by atoms with Gasteiger partial charge in [0.1, 0.15) is 5.75 Å². The van der Waals surface area contributed by atoms with Gasteiger partial charge in [-0.2, -0.15) is 0 Å². The molecule has 0 amide bonds. The fourth-order valence-corrected chi connectivity index (χ4v) is 3.63. The molecular weight excluding hydrogens is 349 g/mol. The van der Waals surface area contributed by atoms with Crippen molar-refractivity contribution in [2.45, 2.75) is 51.3 Å². The van der Waals surface area contributed by atoms with Gasteiger partial charge in [-0.05, 0) is 79.5 Å². The van der Waals surface area contributed by atoms with Gasteiger partial charge in [-0.25, -0.2) is 0 Å². The van der Waals surface area contributed by atoms with Gasteiger partial charge in [-0.3, -0.25) is 0 Å². The Labute approximate surface area is 158 Å². The van der Waals surface area contributed by atoms with E-state index in [0.717, 1.165) is 11.5 Å². The van der Waals surface area contributed by atoms with Crippen molar-refractivity contribution >= 4 is 0 Å². The molecule has 2 aromatic rings. The molecule has 4 heteroatoms. The number of hydrogen-bond donors (Lipinski definition) is 0. The van der Waals surface area contributed by atoms with E-state index in [9.17, 15) is 13.2 Å². The largest absolute Gasteiger partial charge is 0.573 e. The summed E-state index contributed by atoms with van der Waals surface area (Å²) in [6.45, 7) is 2.27. The number of benzene rings is 2. The summed E-state index contributed by atoms with van der Waals surface area (Å²) in [6.07, 6.45) is 1.76. The van der Waals surface area contributed by atoms with Crippen LogP contribution in [0.1, 0.15) is 61.6 Å². The van der Waals surface area contributed by atoms with Crippen molar-refractivity contribution in [3.63, 3.8) is 0 Å². The van der Waals surface area contributed by atoms with Crippen LogP contribution in [-0.2, 0) is 0 Å². The number of halogens is 3. The Morgan fingerprint density at radius 3 is 1.85 bits per heavy atom. The predicted octanol–water partition coefficient (Wildman–Crippen LogP) is 6.67. The van der Waals surface area contributed by atoms with Gasteiger partial charge in [0.25, 0.3) is 0 Å². The molecule has 142 valence electrons. The van der Waals surface area contributed by atoms with Crippen molar-refractivity contribution in [1.82, 2.24) is 0 Å². The molecule has 0 N–H and O–H groups in total. The predicted molar refractivity (Wildman–Crippen MR) is 101 cm³/mol. The van der Waals surface area contributed by atoms with E-state index in [1.807, 2.05) is 12.1 Å². The highest BCUT2D eigenvalue weighted by Crippen LogP contribution is 2.36. The SMILES string of the molecule is CC[C@H]1CC[C@H](c2ccc(C#Cc3ccc(OC(F)(F)F)cc3)cc2)CC1. The van der Waals surface area contributed by atoms with E-state index in [0.29, 0.717) is 11.5 Å². The Hall–Kier alpha value is -2.41. The third-order valence-electron chi connectivity index (χ3n) is 5.25. The fraction of sp³-hybridized carbons (Fsp3) is 0.391. The van der Waals surface area contributed by atoms with E-state index < -0.39 is 6.36 Å². The van der Waals surface area contributed by atoms with E-state index >= 15 is 0 Å². The first-order valence-corrected chi connectivity index (χ1v) is 9.40. The average molecular weight is 372 g/mol. The molecule has 0 radical (unpaired) electrons. The van der Waals surface area contributed by atoms with E-state index in [1.165, 1.54) is 61.9 Å². The van der Waals surface area contributed by atoms with Gasteiger partial charge in [0, 0.05) is 11.1 Å². The molecule has 0 bridgehead atoms. The molecule has 0 aliphatic heterocycles. The van der Waals surface area contributed by atoms with Crippen molar-refractivity contribution in [2.75, 3.05) is 0 Å². The van der Waals surface area contributed by atoms with Crippen molar-refractivity contribution in [2.24, 2.45) is 5.92 Å². The third-order valence-corrected chi connectivity index (χ3v) is 5.25. The lowest BCUT2D eigenvalue weighted by Crippen LogP contribution is -2.16. The van der Waals surface area contributed by atoms with Crippen molar-refractivity contribution in [1.29, 1.82) is 0 Å². The highest BCUT2D eigenvalue weighted by molar-refractivity contribution is 5.45. The molecule has 1 aliphatic rings. The molecule has 0 spiro atoms. The average Bonchev–Trinajstić information content (AvgIpc) is 2.67. The molecule has 2 aromatic carbocycles. The van der Waals surface area contributed by atoms with Gasteiger partial charge in [-0.1, -0.05) is 37.3 Å². The van der Waals surface area contributed by atoms with Crippen LogP contribution in [0.5, 0.6) is 5.75 Å². The smallest absolute Gasteiger partial charge is 0.406 e. The van der Waals surface area contributed by atoms with Crippen molar-refractivity contribution < 1.29 is 17.9 Å². The molecule has 1 saturated carbocycles. The van der Waals surface area contributed by atoms with E-state index in [2.05, 4.69) is 35.6 Å². The standard InChI is InChI=1S/C23H23F3O/c1-2-17-5-11-20(12-6-17)21-13-7-18(8-14-21)3-4-19-9-15-22(16-10-19)27-23(24,25)26/h7-10,13-17,20H,2,5-6,11-12H2,1H3/t17-,20-. The molecule has 0 atom stereocenters. The second-order valence-electron chi connectivity index (χ2n) is 7.07. The molecule has 27 heavy (non-hydrogen) atoms. The van der Waals surface area contributed by atoms with Crippen LogP contribution in [-0.4, -0.2) is 6.36 Å². The first-order valence-electron chi connectivity index (χ1n) is 9.40. The third kappa shape index (κ3) is 5.79. The van der Waals surface area contributed by atoms with Crippen LogP contribution in [0.25, 0.3) is 0 Å². The lowest BCUT2D eigenvalue weighted by atomic mass is 9.78. The Morgan fingerprint density at radius 1 is 0.852 bits per heavy atom. The summed E-state index contributed by atoms with van der Waals surface area (Å²) < 4.78 is 40.4. The Balaban J connectivity index is 1.60. The van der Waals surface area contributed by atoms with E-state index in [1.54, 1.807) is 0 Å². The maximum atomic E-state index is 12.2. The summed E-state index contributed by atoms with van der Waals surface area (Å²) >= 11 is 0. The van der Waals surface area contributed by atoms with Crippen LogP contribution in [0.15, 0.2) is 48.5 Å². The lowest BCUT2D eigenvalue weighted by molar-refractivity contribution is -0.274. The first-order chi connectivity index (χ1) is 12.9. The Kier molecular flexibility index (Phi) is 6.11. The molecule has 1 fully saturated rings. The topological polar surface area (TPSA) is 9.23 Å². The summed E-state index contributed by atoms with van der Waals surface area (Å²) in [5.74, 6) is 7.34. The minimum atomic E-state index is -4.68. The number of ether oxygens (including phenoxy) is 1. The molecule has 0 aromatic heterocycles. The summed E-state index contributed by atoms with van der Waals surface area (Å²) in [6, 6.07) is 13.9. The fourth-order valence-electron chi connectivity index (χ4n) is 3.63. The van der Waals surface area contributed by atoms with Crippen molar-refractivity contribution in [3.8, 4) is 17.6 Å². The van der Waals surface area contributed by atoms with Crippen LogP contribution in [0, 0.1) is 17.8 Å². The van der Waals surface area contributed by atoms with Crippen LogP contribution in [0.4, 0.5) is 13.2 Å². The number of rotatable bonds is 3. The van der Waals surface area contributed by atoms with Gasteiger partial charge >= 0.3 is 6.36 Å². The monoisotopic (exact) mass is 372 g/mol. The van der Waals surface area contributed by atoms with E-state index in [-0.39, 0.29) is 5.75 Å². The lowest BCUT2D eigenvalue weighted by Gasteiger charge is -2.28. The second kappa shape index (κ2) is 8.52. The zero-order valence-corrected chi connectivity index (χ0v) is 15.4. The van der Waals surface area contributed by atoms with Crippen LogP contribution >= 0.6 is 0 Å². The highest BCUT2D eigenvalue weighted by atomic mass is 19.4. The zero-order chi connectivity index (χ0) is 19.3. The van der Waals surface area contributed by atoms with Crippen LogP contribution in [0.3, 0.4) is 0 Å². The van der Waals surface area contributed by atoms with Gasteiger partial charge in [0.15, 0.2) is 0 Å². The summed E-state index contributed by atoms with van der Waals surface area (Å²) in [7, 11) is 0. The normalized spacial score (nSPS) is 19.9. The summed E-state index contributed by atoms with van der Waals surface area (Å²) in [4.78, 5) is 0. The highest BCUT2D eigenvalue weighted by Gasteiger charge is 2.30. The second-order valence-corrected chi connectivity index (χ2v) is 7.07. The molecule has 0 unspecified atom stereocenters. The maximum Gasteiger partial charge on any atom is 0.573 e. The van der Waals surface area contributed by atoms with Gasteiger partial charge < -0.3 is 4.74 Å². The molecule has 1 nitrogen and oxygen atoms in total. The number of alkyl halides is 3. The molecule has 3 rings (SSSR count). The van der Waals surface area contributed by atoms with Gasteiger partial charge in [0.05, 0.1) is 0 Å². The summed E-state index contributed by atoms with van der Waals surface area (Å²) in [5, 5.41) is 0.